The molecule has 1 saturated heterocycles. The Labute approximate surface area is 261 Å². The van der Waals surface area contributed by atoms with Gasteiger partial charge in [-0.05, 0) is 55.1 Å². The third kappa shape index (κ3) is 6.23. The van der Waals surface area contributed by atoms with Crippen LogP contribution < -0.4 is 21.7 Å². The van der Waals surface area contributed by atoms with Crippen molar-refractivity contribution in [3.63, 3.8) is 0 Å². The average Bonchev–Trinajstić information content (AvgIpc) is 3.73. The Kier molecular flexibility index (Phi) is 8.37. The molecule has 1 heterocycles. The number of carbonyl (C=O) groups is 5. The smallest absolute Gasteiger partial charge is 0.315 e. The number of carbonyl (C=O) groups excluding carboxylic acids is 5. The largest absolute Gasteiger partial charge is 0.363 e. The number of fused-ring (bicyclic) bond motifs is 2. The summed E-state index contributed by atoms with van der Waals surface area (Å²) in [4.78, 5) is 67.3. The molecule has 1 unspecified atom stereocenters. The van der Waals surface area contributed by atoms with Crippen LogP contribution >= 0.6 is 23.2 Å². The van der Waals surface area contributed by atoms with E-state index in [-0.39, 0.29) is 36.2 Å². The standard InChI is InChI=1S/C31H39Cl2N5O5/c32-31(33)21-15-38(25(23(21)31)28(41)36-22(12-16-10-11-16)26(39)27(34)40)29(42)24(19-13-17-6-4-5-7-18(17)14-19)37-30(43)35-20-8-2-1-3-9-20/h4-7,16,19-25H,1-3,8-15H2,(H2,34,40)(H,36,41)(H2,35,37,43)/t21-,22?,23-,24+,25+/m1/s1. The Morgan fingerprint density at radius 1 is 0.953 bits per heavy atom. The van der Waals surface area contributed by atoms with Crippen LogP contribution in [0.5, 0.6) is 0 Å². The number of halogens is 2. The summed E-state index contributed by atoms with van der Waals surface area (Å²) in [5.74, 6) is -3.81. The third-order valence-corrected chi connectivity index (χ3v) is 11.1. The van der Waals surface area contributed by atoms with Crippen molar-refractivity contribution in [1.29, 1.82) is 0 Å². The minimum atomic E-state index is -1.19. The van der Waals surface area contributed by atoms with Crippen molar-refractivity contribution in [2.75, 3.05) is 6.54 Å². The van der Waals surface area contributed by atoms with Crippen molar-refractivity contribution < 1.29 is 24.0 Å². The van der Waals surface area contributed by atoms with E-state index < -0.39 is 52.0 Å². The quantitative estimate of drug-likeness (QED) is 0.231. The normalized spacial score (nSPS) is 27.4. The van der Waals surface area contributed by atoms with Crippen molar-refractivity contribution in [2.45, 2.75) is 92.7 Å². The van der Waals surface area contributed by atoms with Gasteiger partial charge in [-0.15, -0.1) is 23.2 Å². The lowest BCUT2D eigenvalue weighted by Gasteiger charge is -2.35. The molecule has 5 N–H and O–H groups in total. The molecule has 5 atom stereocenters. The van der Waals surface area contributed by atoms with Gasteiger partial charge in [-0.1, -0.05) is 56.4 Å². The van der Waals surface area contributed by atoms with Crippen molar-refractivity contribution in [1.82, 2.24) is 20.9 Å². The molecule has 0 bridgehead atoms. The highest BCUT2D eigenvalue weighted by molar-refractivity contribution is 6.51. The summed E-state index contributed by atoms with van der Waals surface area (Å²) in [6.07, 6.45) is 8.40. The number of nitrogens with one attached hydrogen (secondary N) is 3. The van der Waals surface area contributed by atoms with E-state index in [1.807, 2.05) is 24.3 Å². The Bertz CT molecular complexity index is 1290. The van der Waals surface area contributed by atoms with Crippen LogP contribution in [0.3, 0.4) is 0 Å². The maximum Gasteiger partial charge on any atom is 0.315 e. The van der Waals surface area contributed by atoms with Crippen LogP contribution in [0.25, 0.3) is 0 Å². The second-order valence-electron chi connectivity index (χ2n) is 13.1. The number of benzene rings is 1. The molecule has 10 nitrogen and oxygen atoms in total. The first kappa shape index (κ1) is 30.2. The van der Waals surface area contributed by atoms with Crippen LogP contribution in [0.4, 0.5) is 4.79 Å². The second-order valence-corrected chi connectivity index (χ2v) is 14.5. The number of rotatable bonds is 10. The zero-order chi connectivity index (χ0) is 30.5. The molecule has 0 aromatic heterocycles. The number of alkyl halides is 2. The number of ketones is 1. The van der Waals surface area contributed by atoms with Gasteiger partial charge in [0, 0.05) is 24.4 Å². The van der Waals surface area contributed by atoms with E-state index in [2.05, 4.69) is 16.0 Å². The van der Waals surface area contributed by atoms with Gasteiger partial charge in [0.05, 0.1) is 6.04 Å². The van der Waals surface area contributed by atoms with Gasteiger partial charge in [0.1, 0.15) is 16.4 Å². The summed E-state index contributed by atoms with van der Waals surface area (Å²) in [6, 6.07) is 4.63. The number of nitrogens with zero attached hydrogens (tertiary/aromatic N) is 1. The number of hydrogen-bond acceptors (Lipinski definition) is 5. The van der Waals surface area contributed by atoms with Gasteiger partial charge in [-0.25, -0.2) is 4.79 Å². The zero-order valence-corrected chi connectivity index (χ0v) is 25.5. The van der Waals surface area contributed by atoms with Gasteiger partial charge in [0.2, 0.25) is 17.6 Å². The predicted octanol–water partition coefficient (Wildman–Crippen LogP) is 2.37. The SMILES string of the molecule is NC(=O)C(=O)C(CC1CC1)NC(=O)[C@@H]1[C@H]2[C@@H](CN1C(=O)[C@@H](NC(=O)NC1CCCCC1)C1Cc3ccccc3C1)C2(Cl)Cl. The molecule has 5 amide bonds. The number of piperidine rings is 1. The molecule has 1 aromatic rings. The van der Waals surface area contributed by atoms with E-state index in [1.54, 1.807) is 0 Å². The summed E-state index contributed by atoms with van der Waals surface area (Å²) >= 11 is 13.1. The lowest BCUT2D eigenvalue weighted by atomic mass is 9.94. The third-order valence-electron chi connectivity index (χ3n) is 10.1. The summed E-state index contributed by atoms with van der Waals surface area (Å²) in [5.41, 5.74) is 7.55. The first-order valence-corrected chi connectivity index (χ1v) is 16.3. The van der Waals surface area contributed by atoms with Crippen LogP contribution in [-0.4, -0.2) is 69.5 Å². The molecule has 0 spiro atoms. The number of nitrogens with two attached hydrogens (primary N) is 1. The minimum absolute atomic E-state index is 0.0579. The molecular formula is C31H39Cl2N5O5. The fraction of sp³-hybridized carbons (Fsp3) is 0.645. The van der Waals surface area contributed by atoms with Crippen molar-refractivity contribution in [3.8, 4) is 0 Å². The molecular weight excluding hydrogens is 593 g/mol. The van der Waals surface area contributed by atoms with Crippen molar-refractivity contribution in [3.05, 3.63) is 35.4 Å². The Balaban J connectivity index is 1.23. The lowest BCUT2D eigenvalue weighted by molar-refractivity contribution is -0.143. The highest BCUT2D eigenvalue weighted by Gasteiger charge is 2.74. The van der Waals surface area contributed by atoms with Gasteiger partial charge in [0.25, 0.3) is 5.91 Å². The number of urea groups is 1. The lowest BCUT2D eigenvalue weighted by Crippen LogP contribution is -2.60. The molecule has 43 heavy (non-hydrogen) atoms. The summed E-state index contributed by atoms with van der Waals surface area (Å²) < 4.78 is -1.19. The number of Topliss-reactive ketones (excluding diaryl/α,β-unsaturated/α-hetero) is 1. The van der Waals surface area contributed by atoms with Gasteiger partial charge in [-0.2, -0.15) is 0 Å². The molecule has 5 aliphatic rings. The minimum Gasteiger partial charge on any atom is -0.363 e. The summed E-state index contributed by atoms with van der Waals surface area (Å²) in [5, 5.41) is 8.74. The topological polar surface area (TPSA) is 151 Å². The van der Waals surface area contributed by atoms with E-state index >= 15 is 0 Å². The highest BCUT2D eigenvalue weighted by Crippen LogP contribution is 2.65. The number of likely N-dealkylation sites (tertiary alicyclic amines) is 1. The van der Waals surface area contributed by atoms with E-state index in [0.717, 1.165) is 56.1 Å². The van der Waals surface area contributed by atoms with Crippen LogP contribution in [0.2, 0.25) is 0 Å². The zero-order valence-electron chi connectivity index (χ0n) is 24.0. The van der Waals surface area contributed by atoms with Crippen LogP contribution in [-0.2, 0) is 32.0 Å². The molecule has 4 fully saturated rings. The molecule has 4 aliphatic carbocycles. The summed E-state index contributed by atoms with van der Waals surface area (Å²) in [7, 11) is 0. The number of hydrogen-bond donors (Lipinski definition) is 4. The van der Waals surface area contributed by atoms with Crippen LogP contribution in [0, 0.1) is 23.7 Å². The fourth-order valence-corrected chi connectivity index (χ4v) is 8.31. The van der Waals surface area contributed by atoms with Gasteiger partial charge >= 0.3 is 6.03 Å². The van der Waals surface area contributed by atoms with E-state index in [0.29, 0.717) is 19.3 Å². The average molecular weight is 633 g/mol. The number of amides is 5. The molecule has 6 rings (SSSR count). The molecule has 3 saturated carbocycles. The van der Waals surface area contributed by atoms with E-state index in [1.165, 1.54) is 4.90 Å². The second kappa shape index (κ2) is 11.9. The fourth-order valence-electron chi connectivity index (χ4n) is 7.48. The Morgan fingerprint density at radius 2 is 1.60 bits per heavy atom. The molecule has 12 heteroatoms. The van der Waals surface area contributed by atoms with Gasteiger partial charge < -0.3 is 26.6 Å². The van der Waals surface area contributed by atoms with Crippen LogP contribution in [0.1, 0.15) is 62.5 Å². The van der Waals surface area contributed by atoms with Gasteiger partial charge in [-0.3, -0.25) is 19.2 Å². The molecule has 1 aromatic carbocycles. The first-order valence-electron chi connectivity index (χ1n) is 15.5. The Morgan fingerprint density at radius 3 is 2.21 bits per heavy atom. The van der Waals surface area contributed by atoms with E-state index in [9.17, 15) is 24.0 Å². The molecule has 0 radical (unpaired) electrons. The van der Waals surface area contributed by atoms with Crippen molar-refractivity contribution in [2.24, 2.45) is 29.4 Å². The monoisotopic (exact) mass is 631 g/mol. The molecule has 1 aliphatic heterocycles. The summed E-state index contributed by atoms with van der Waals surface area (Å²) in [6.45, 7) is 0.147. The van der Waals surface area contributed by atoms with Crippen molar-refractivity contribution >= 4 is 52.7 Å². The maximum absolute atomic E-state index is 14.4. The van der Waals surface area contributed by atoms with Crippen LogP contribution in [0.15, 0.2) is 24.3 Å². The predicted molar refractivity (Wildman–Crippen MR) is 160 cm³/mol. The Hall–Kier alpha value is -2.85. The maximum atomic E-state index is 14.4. The first-order chi connectivity index (χ1) is 20.5. The molecule has 232 valence electrons. The highest BCUT2D eigenvalue weighted by atomic mass is 35.5. The van der Waals surface area contributed by atoms with Gasteiger partial charge in [0.15, 0.2) is 0 Å². The van der Waals surface area contributed by atoms with E-state index in [4.69, 9.17) is 28.9 Å². The number of primary amides is 1.